The van der Waals surface area contributed by atoms with E-state index in [-0.39, 0.29) is 101 Å². The van der Waals surface area contributed by atoms with Crippen LogP contribution >= 0.6 is 0 Å². The number of aliphatic carboxylic acids is 2. The van der Waals surface area contributed by atoms with Crippen molar-refractivity contribution in [1.82, 2.24) is 21.3 Å². The first-order chi connectivity index (χ1) is 39.6. The highest BCUT2D eigenvalue weighted by Gasteiger charge is 2.51. The Hall–Kier alpha value is -8.10. The number of carboxylic acid groups (broad SMARTS) is 2. The zero-order valence-corrected chi connectivity index (χ0v) is 45.2. The van der Waals surface area contributed by atoms with Gasteiger partial charge in [0, 0.05) is 46.0 Å². The number of esters is 2. The Bertz CT molecular complexity index is 2080. The lowest BCUT2D eigenvalue weighted by Gasteiger charge is -2.17. The van der Waals surface area contributed by atoms with Crippen molar-refractivity contribution in [2.75, 3.05) is 79.6 Å². The third-order valence-corrected chi connectivity index (χ3v) is 10.9. The Kier molecular flexibility index (Phi) is 36.0. The number of nitrogens with one attached hydrogen (secondary N) is 4. The standard InChI is InChI=1S/C12H18N2O7.C11H16N2O8.C6H10N2O5.2C6H9NO5.C2H2.CH5N/c1-2-7(15)3-4-10(16)13-8-5-19-12-9(21-14(17)18)6-20-11(8)12;14-3-6(15)1-2-9(16)12-7-4-19-11-8(21-13(17)18)5-20-10(7)11;7-3-1-11-6-4(13-8(9)10)2-12-5(3)6;2*1-4(8)12-3-5(9)7-2-6(10)11;2*1-2/h8-9,11-12H,2-6H2,1H3,(H,13,16);7-8,10-11,14H,1-5H2,(H,12,16);3-6H,1-2,7H2;2*2-3H2,1H3,(H,7,9)(H,10,11);1-2H;2H2,1H3/t8-,9+,11-,12-;7-,8+,10-,11-;3-,4+,5-,6-;;;;/m111..../s1/i;;;;;1D;. The molecular weight excluding hydrogens is 1130 g/mol. The molecule has 11 N–H and O–H groups in total. The van der Waals surface area contributed by atoms with E-state index in [1.807, 2.05) is 10.6 Å². The summed E-state index contributed by atoms with van der Waals surface area (Å²) < 4.78 is 46.3. The summed E-state index contributed by atoms with van der Waals surface area (Å²) in [6.07, 6.45) is 1.45. The molecule has 0 spiro atoms. The van der Waals surface area contributed by atoms with Crippen LogP contribution in [-0.4, -0.2) is 242 Å². The Labute approximate surface area is 472 Å². The highest BCUT2D eigenvalue weighted by atomic mass is 17.0. The van der Waals surface area contributed by atoms with E-state index in [0.717, 1.165) is 13.8 Å². The Balaban J connectivity index is 0.00000103. The fraction of sp³-hybridized carbons (Fsp3) is 0.727. The average Bonchev–Trinajstić information content (AvgIpc) is 4.32. The molecule has 6 aliphatic rings. The van der Waals surface area contributed by atoms with E-state index in [9.17, 15) is 78.3 Å². The monoisotopic (exact) mass is 1200 g/mol. The van der Waals surface area contributed by atoms with Crippen molar-refractivity contribution in [2.45, 2.75) is 126 Å². The van der Waals surface area contributed by atoms with E-state index in [4.69, 9.17) is 50.8 Å². The van der Waals surface area contributed by atoms with Gasteiger partial charge in [0.25, 0.3) is 27.1 Å². The first-order valence-corrected chi connectivity index (χ1v) is 24.5. The van der Waals surface area contributed by atoms with Crippen LogP contribution in [0.15, 0.2) is 0 Å². The minimum atomic E-state index is -1.15. The molecule has 6 rings (SSSR count). The predicted octanol–water partition coefficient (Wildman–Crippen LogP) is -6.19. The molecule has 4 amide bonds. The molecule has 6 aliphatic heterocycles. The molecular formula is C44H69N9O30. The van der Waals surface area contributed by atoms with Gasteiger partial charge >= 0.3 is 23.9 Å². The fourth-order valence-electron chi connectivity index (χ4n) is 7.38. The maximum Gasteiger partial charge on any atom is 0.322 e. The van der Waals surface area contributed by atoms with Crippen molar-refractivity contribution in [3.63, 3.8) is 0 Å². The normalized spacial score (nSPS) is 25.0. The highest BCUT2D eigenvalue weighted by Crippen LogP contribution is 2.31. The first kappa shape index (κ1) is 72.9. The zero-order chi connectivity index (χ0) is 64.1. The van der Waals surface area contributed by atoms with E-state index in [2.05, 4.69) is 46.8 Å². The number of terminal acetylenes is 1. The number of rotatable bonds is 24. The molecule has 0 aliphatic carbocycles. The van der Waals surface area contributed by atoms with Gasteiger partial charge in [0.15, 0.2) is 37.3 Å². The van der Waals surface area contributed by atoms with Gasteiger partial charge in [0.05, 0.1) is 57.8 Å². The number of hydrogen-bond donors (Lipinski definition) is 9. The Morgan fingerprint density at radius 2 is 0.892 bits per heavy atom. The predicted molar refractivity (Wildman–Crippen MR) is 266 cm³/mol. The van der Waals surface area contributed by atoms with Crippen LogP contribution in [0.5, 0.6) is 0 Å². The smallest absolute Gasteiger partial charge is 0.322 e. The summed E-state index contributed by atoms with van der Waals surface area (Å²) in [4.78, 5) is 151. The number of aliphatic hydroxyl groups excluding tert-OH is 1. The number of ketones is 2. The minimum absolute atomic E-state index is 0.0195. The average molecular weight is 1210 g/mol. The second-order valence-electron chi connectivity index (χ2n) is 16.9. The number of hydrogen-bond acceptors (Lipinski definition) is 30. The molecule has 83 heavy (non-hydrogen) atoms. The lowest BCUT2D eigenvalue weighted by atomic mass is 10.1. The van der Waals surface area contributed by atoms with Crippen molar-refractivity contribution in [1.29, 1.82) is 0 Å². The quantitative estimate of drug-likeness (QED) is 0.0188. The topological polar surface area (TPSA) is 562 Å². The number of aliphatic hydroxyl groups is 1. The summed E-state index contributed by atoms with van der Waals surface area (Å²) in [5.41, 5.74) is 10.1. The van der Waals surface area contributed by atoms with E-state index < -0.39 is 138 Å². The van der Waals surface area contributed by atoms with Gasteiger partial charge in [-0.15, -0.1) is 43.2 Å². The molecule has 0 aromatic carbocycles. The van der Waals surface area contributed by atoms with Gasteiger partial charge in [0.1, 0.15) is 63.5 Å². The maximum absolute atomic E-state index is 11.8. The maximum atomic E-state index is 11.8. The SMILES string of the molecule is CC(=O)OCC(=O)NCC(=O)O.CC(=O)OCC(=O)NCC(=O)O.CCC(=O)CCC(=O)N[C@@H]1CO[C@H]2[C@@H]1OC[C@@H]2O[N+](=O)[O-].CN.N[C@@H]1CO[C@H]2[C@@H]1OC[C@@H]2O[N+](=O)[O-].O=C(CO)CCC(=O)N[C@@H]1CO[C@H]2[C@@H]1OC[C@@H]2O[N+](=O)[O-].[2H]C#C. The molecule has 0 aromatic heterocycles. The van der Waals surface area contributed by atoms with Crippen LogP contribution in [0, 0.1) is 43.2 Å². The van der Waals surface area contributed by atoms with Crippen molar-refractivity contribution < 1.29 is 132 Å². The van der Waals surface area contributed by atoms with E-state index in [1.165, 1.54) is 13.4 Å². The van der Waals surface area contributed by atoms with E-state index >= 15 is 0 Å². The summed E-state index contributed by atoms with van der Waals surface area (Å²) in [6.45, 7) is 2.62. The van der Waals surface area contributed by atoms with Crippen molar-refractivity contribution in [2.24, 2.45) is 11.5 Å². The lowest BCUT2D eigenvalue weighted by molar-refractivity contribution is -0.769. The summed E-state index contributed by atoms with van der Waals surface area (Å²) in [5.74, 6) is -5.73. The van der Waals surface area contributed by atoms with Gasteiger partial charge in [-0.25, -0.2) is 0 Å². The summed E-state index contributed by atoms with van der Waals surface area (Å²) in [7, 11) is 1.50. The van der Waals surface area contributed by atoms with Gasteiger partial charge in [0.2, 0.25) is 11.8 Å². The van der Waals surface area contributed by atoms with Crippen LogP contribution in [0.25, 0.3) is 0 Å². The Morgan fingerprint density at radius 3 is 1.22 bits per heavy atom. The number of amides is 4. The number of ether oxygens (including phenoxy) is 8. The second kappa shape index (κ2) is 41.0. The van der Waals surface area contributed by atoms with Gasteiger partial charge in [-0.3, -0.25) is 47.9 Å². The zero-order valence-electron chi connectivity index (χ0n) is 46.2. The fourth-order valence-corrected chi connectivity index (χ4v) is 7.38. The number of nitrogens with two attached hydrogens (primary N) is 2. The number of carbonyl (C=O) groups is 10. The molecule has 470 valence electrons. The third-order valence-electron chi connectivity index (χ3n) is 10.9. The molecule has 39 nitrogen and oxygen atoms in total. The van der Waals surface area contributed by atoms with Crippen LogP contribution in [0.4, 0.5) is 0 Å². The van der Waals surface area contributed by atoms with Crippen LogP contribution < -0.4 is 32.7 Å². The van der Waals surface area contributed by atoms with Crippen LogP contribution in [-0.2, 0) is 100 Å². The van der Waals surface area contributed by atoms with Crippen molar-refractivity contribution in [3.8, 4) is 12.8 Å². The number of carboxylic acids is 2. The molecule has 6 fully saturated rings. The van der Waals surface area contributed by atoms with Gasteiger partial charge < -0.3 is 100 Å². The number of carbonyl (C=O) groups excluding carboxylic acids is 8. The van der Waals surface area contributed by atoms with Crippen molar-refractivity contribution in [3.05, 3.63) is 30.3 Å². The second-order valence-corrected chi connectivity index (χ2v) is 16.9. The molecule has 39 heteroatoms. The van der Waals surface area contributed by atoms with E-state index in [0.29, 0.717) is 13.0 Å². The number of Topliss-reactive ketones (excluding diaryl/α,β-unsaturated/α-hetero) is 2. The molecule has 0 aromatic rings. The van der Waals surface area contributed by atoms with Crippen LogP contribution in [0.1, 0.15) is 54.2 Å². The molecule has 12 atom stereocenters. The van der Waals surface area contributed by atoms with E-state index in [1.54, 1.807) is 6.92 Å². The summed E-state index contributed by atoms with van der Waals surface area (Å²) in [6, 6.07) is -1.02. The molecule has 0 saturated carbocycles. The van der Waals surface area contributed by atoms with Gasteiger partial charge in [-0.05, 0) is 7.05 Å². The number of nitrogens with zero attached hydrogens (tertiary/aromatic N) is 3. The highest BCUT2D eigenvalue weighted by molar-refractivity contribution is 5.86. The number of fused-ring (bicyclic) bond motifs is 3. The summed E-state index contributed by atoms with van der Waals surface area (Å²) in [5, 5.41) is 62.4. The third kappa shape index (κ3) is 30.5. The van der Waals surface area contributed by atoms with Crippen molar-refractivity contribution >= 4 is 59.1 Å². The molecule has 0 bridgehead atoms. The lowest BCUT2D eigenvalue weighted by Crippen LogP contribution is -2.44. The molecule has 6 heterocycles. The summed E-state index contributed by atoms with van der Waals surface area (Å²) >= 11 is 0. The first-order valence-electron chi connectivity index (χ1n) is 25.0. The van der Waals surface area contributed by atoms with Crippen LogP contribution in [0.2, 0.25) is 0 Å². The molecule has 0 radical (unpaired) electrons. The molecule has 6 saturated heterocycles. The minimum Gasteiger partial charge on any atom is -0.480 e. The Morgan fingerprint density at radius 1 is 0.566 bits per heavy atom. The van der Waals surface area contributed by atoms with Gasteiger partial charge in [-0.1, -0.05) is 6.92 Å². The van der Waals surface area contributed by atoms with Crippen LogP contribution in [0.3, 0.4) is 0 Å². The molecule has 0 unspecified atom stereocenters. The van der Waals surface area contributed by atoms with Gasteiger partial charge in [-0.2, -0.15) is 0 Å². The largest absolute Gasteiger partial charge is 0.480 e.